The van der Waals surface area contributed by atoms with E-state index in [0.29, 0.717) is 15.8 Å². The van der Waals surface area contributed by atoms with Crippen molar-refractivity contribution in [3.63, 3.8) is 0 Å². The first kappa shape index (κ1) is 14.6. The molecule has 104 valence electrons. The maximum Gasteiger partial charge on any atom is 0.349 e. The Morgan fingerprint density at radius 3 is 2.45 bits per heavy atom. The highest BCUT2D eigenvalue weighted by molar-refractivity contribution is 6.35. The lowest BCUT2D eigenvalue weighted by atomic mass is 10.3. The number of hydrogen-bond acceptors (Lipinski definition) is 3. The molecule has 0 atom stereocenters. The van der Waals surface area contributed by atoms with E-state index in [2.05, 4.69) is 0 Å². The van der Waals surface area contributed by atoms with Crippen LogP contribution in [0.2, 0.25) is 10.0 Å². The van der Waals surface area contributed by atoms with E-state index in [4.69, 9.17) is 32.7 Å². The largest absolute Gasteiger partial charge is 0.480 e. The number of rotatable bonds is 4. The van der Waals surface area contributed by atoms with Crippen LogP contribution in [0.1, 0.15) is 0 Å². The van der Waals surface area contributed by atoms with Crippen molar-refractivity contribution < 1.29 is 18.7 Å². The van der Waals surface area contributed by atoms with E-state index in [1.165, 1.54) is 30.3 Å². The van der Waals surface area contributed by atoms with Crippen molar-refractivity contribution in [2.75, 3.05) is 6.61 Å². The van der Waals surface area contributed by atoms with Crippen LogP contribution in [0.4, 0.5) is 4.39 Å². The van der Waals surface area contributed by atoms with Crippen molar-refractivity contribution in [1.82, 2.24) is 0 Å². The number of ether oxygens (including phenoxy) is 2. The minimum atomic E-state index is -0.623. The summed E-state index contributed by atoms with van der Waals surface area (Å²) in [6.07, 6.45) is 0. The molecule has 0 radical (unpaired) electrons. The lowest BCUT2D eigenvalue weighted by Gasteiger charge is -2.08. The Morgan fingerprint density at radius 2 is 1.80 bits per heavy atom. The molecule has 2 aromatic rings. The minimum Gasteiger partial charge on any atom is -0.480 e. The van der Waals surface area contributed by atoms with Crippen LogP contribution in [0.15, 0.2) is 42.5 Å². The van der Waals surface area contributed by atoms with Crippen LogP contribution in [0, 0.1) is 5.82 Å². The highest BCUT2D eigenvalue weighted by Gasteiger charge is 2.08. The van der Waals surface area contributed by atoms with Crippen LogP contribution in [0.5, 0.6) is 11.5 Å². The predicted molar refractivity (Wildman–Crippen MR) is 74.0 cm³/mol. The molecular weight excluding hydrogens is 306 g/mol. The van der Waals surface area contributed by atoms with Gasteiger partial charge < -0.3 is 9.47 Å². The van der Waals surface area contributed by atoms with E-state index in [9.17, 15) is 9.18 Å². The molecule has 0 aliphatic carbocycles. The summed E-state index contributed by atoms with van der Waals surface area (Å²) in [6, 6.07) is 9.73. The molecule has 0 N–H and O–H groups in total. The SMILES string of the molecule is O=C(COc1ccc(Cl)cc1Cl)Oc1ccc(F)cc1. The molecule has 0 fully saturated rings. The van der Waals surface area contributed by atoms with E-state index in [-0.39, 0.29) is 12.4 Å². The first-order valence-corrected chi connectivity index (χ1v) is 6.34. The smallest absolute Gasteiger partial charge is 0.349 e. The van der Waals surface area contributed by atoms with Gasteiger partial charge in [-0.15, -0.1) is 0 Å². The van der Waals surface area contributed by atoms with Crippen LogP contribution >= 0.6 is 23.2 Å². The molecule has 0 aromatic heterocycles. The van der Waals surface area contributed by atoms with E-state index < -0.39 is 11.8 Å². The van der Waals surface area contributed by atoms with Gasteiger partial charge >= 0.3 is 5.97 Å². The molecule has 0 bridgehead atoms. The second-order valence-electron chi connectivity index (χ2n) is 3.79. The predicted octanol–water partition coefficient (Wildman–Crippen LogP) is 4.12. The molecule has 0 aliphatic heterocycles. The molecule has 0 heterocycles. The fourth-order valence-electron chi connectivity index (χ4n) is 1.39. The van der Waals surface area contributed by atoms with Crippen LogP contribution in [0.3, 0.4) is 0 Å². The standard InChI is InChI=1S/C14H9Cl2FO3/c15-9-1-6-13(12(16)7-9)19-8-14(18)20-11-4-2-10(17)3-5-11/h1-7H,8H2. The third kappa shape index (κ3) is 4.11. The van der Waals surface area contributed by atoms with Crippen LogP contribution in [-0.4, -0.2) is 12.6 Å². The fraction of sp³-hybridized carbons (Fsp3) is 0.0714. The van der Waals surface area contributed by atoms with Crippen molar-refractivity contribution in [2.24, 2.45) is 0 Å². The third-order valence-corrected chi connectivity index (χ3v) is 2.82. The third-order valence-electron chi connectivity index (χ3n) is 2.28. The molecule has 20 heavy (non-hydrogen) atoms. The van der Waals surface area contributed by atoms with Gasteiger partial charge in [0.1, 0.15) is 17.3 Å². The molecule has 0 amide bonds. The minimum absolute atomic E-state index is 0.238. The second-order valence-corrected chi connectivity index (χ2v) is 4.64. The van der Waals surface area contributed by atoms with Gasteiger partial charge in [0, 0.05) is 5.02 Å². The molecular formula is C14H9Cl2FO3. The van der Waals surface area contributed by atoms with Crippen LogP contribution in [0.25, 0.3) is 0 Å². The average molecular weight is 315 g/mol. The molecule has 0 saturated carbocycles. The Bertz CT molecular complexity index is 614. The van der Waals surface area contributed by atoms with Gasteiger partial charge in [-0.05, 0) is 42.5 Å². The summed E-state index contributed by atoms with van der Waals surface area (Å²) in [5, 5.41) is 0.767. The number of carbonyl (C=O) groups is 1. The van der Waals surface area contributed by atoms with Crippen LogP contribution in [-0.2, 0) is 4.79 Å². The lowest BCUT2D eigenvalue weighted by Crippen LogP contribution is -2.17. The van der Waals surface area contributed by atoms with Crippen molar-refractivity contribution in [1.29, 1.82) is 0 Å². The molecule has 0 aliphatic rings. The Kier molecular flexibility index (Phi) is 4.82. The quantitative estimate of drug-likeness (QED) is 0.629. The summed E-state index contributed by atoms with van der Waals surface area (Å²) in [4.78, 5) is 11.5. The Labute approximate surface area is 124 Å². The van der Waals surface area contributed by atoms with E-state index >= 15 is 0 Å². The zero-order valence-electron chi connectivity index (χ0n) is 10.1. The topological polar surface area (TPSA) is 35.5 Å². The van der Waals surface area contributed by atoms with Crippen molar-refractivity contribution in [3.05, 3.63) is 58.3 Å². The second kappa shape index (κ2) is 6.59. The Hall–Kier alpha value is -1.78. The maximum absolute atomic E-state index is 12.7. The molecule has 3 nitrogen and oxygen atoms in total. The fourth-order valence-corrected chi connectivity index (χ4v) is 1.86. The highest BCUT2D eigenvalue weighted by atomic mass is 35.5. The average Bonchev–Trinajstić information content (AvgIpc) is 2.40. The number of carbonyl (C=O) groups excluding carboxylic acids is 1. The van der Waals surface area contributed by atoms with Gasteiger partial charge in [0.25, 0.3) is 0 Å². The molecule has 2 rings (SSSR count). The van der Waals surface area contributed by atoms with Gasteiger partial charge in [-0.2, -0.15) is 0 Å². The van der Waals surface area contributed by atoms with Gasteiger partial charge in [0.15, 0.2) is 6.61 Å². The van der Waals surface area contributed by atoms with E-state index in [1.54, 1.807) is 12.1 Å². The maximum atomic E-state index is 12.7. The van der Waals surface area contributed by atoms with Crippen LogP contribution < -0.4 is 9.47 Å². The summed E-state index contributed by atoms with van der Waals surface area (Å²) in [6.45, 7) is -0.321. The first-order chi connectivity index (χ1) is 9.54. The normalized spacial score (nSPS) is 10.2. The van der Waals surface area contributed by atoms with Gasteiger partial charge in [-0.1, -0.05) is 23.2 Å². The number of halogens is 3. The lowest BCUT2D eigenvalue weighted by molar-refractivity contribution is -0.136. The van der Waals surface area contributed by atoms with Crippen molar-refractivity contribution >= 4 is 29.2 Å². The molecule has 0 spiro atoms. The summed E-state index contributed by atoms with van der Waals surface area (Å²) in [5.41, 5.74) is 0. The first-order valence-electron chi connectivity index (χ1n) is 5.59. The molecule has 2 aromatic carbocycles. The monoisotopic (exact) mass is 314 g/mol. The molecule has 6 heteroatoms. The summed E-state index contributed by atoms with van der Waals surface area (Å²) in [5.74, 6) is -0.467. The molecule has 0 saturated heterocycles. The number of esters is 1. The Balaban J connectivity index is 1.90. The van der Waals surface area contributed by atoms with E-state index in [1.807, 2.05) is 0 Å². The van der Waals surface area contributed by atoms with E-state index in [0.717, 1.165) is 0 Å². The molecule has 0 unspecified atom stereocenters. The summed E-state index contributed by atoms with van der Waals surface area (Å²) >= 11 is 11.6. The zero-order valence-corrected chi connectivity index (χ0v) is 11.6. The number of benzene rings is 2. The number of hydrogen-bond donors (Lipinski definition) is 0. The van der Waals surface area contributed by atoms with Crippen molar-refractivity contribution in [2.45, 2.75) is 0 Å². The van der Waals surface area contributed by atoms with Gasteiger partial charge in [-0.25, -0.2) is 9.18 Å². The Morgan fingerprint density at radius 1 is 1.10 bits per heavy atom. The zero-order chi connectivity index (χ0) is 14.5. The highest BCUT2D eigenvalue weighted by Crippen LogP contribution is 2.27. The summed E-state index contributed by atoms with van der Waals surface area (Å²) in [7, 11) is 0. The van der Waals surface area contributed by atoms with Gasteiger partial charge in [0.05, 0.1) is 5.02 Å². The van der Waals surface area contributed by atoms with Crippen molar-refractivity contribution in [3.8, 4) is 11.5 Å². The summed E-state index contributed by atoms with van der Waals surface area (Å²) < 4.78 is 22.8. The van der Waals surface area contributed by atoms with Gasteiger partial charge in [0.2, 0.25) is 0 Å². The van der Waals surface area contributed by atoms with Gasteiger partial charge in [-0.3, -0.25) is 0 Å².